The molecule has 1 saturated heterocycles. The molecule has 0 saturated carbocycles. The molecule has 1 fully saturated rings. The number of benzene rings is 2. The van der Waals surface area contributed by atoms with E-state index in [1.807, 2.05) is 14.0 Å². The third-order valence-corrected chi connectivity index (χ3v) is 9.30. The lowest BCUT2D eigenvalue weighted by Crippen LogP contribution is -2.57. The number of rotatable bonds is 9. The number of ether oxygens (including phenoxy) is 2. The summed E-state index contributed by atoms with van der Waals surface area (Å²) in [5, 5.41) is 2.79. The Balaban J connectivity index is 1.82. The van der Waals surface area contributed by atoms with Gasteiger partial charge in [-0.2, -0.15) is 4.31 Å². The van der Waals surface area contributed by atoms with Gasteiger partial charge in [-0.1, -0.05) is 50.6 Å². The van der Waals surface area contributed by atoms with Crippen LogP contribution in [0.25, 0.3) is 0 Å². The molecule has 248 valence electrons. The van der Waals surface area contributed by atoms with Gasteiger partial charge in [-0.3, -0.25) is 4.79 Å². The van der Waals surface area contributed by atoms with Crippen molar-refractivity contribution in [2.75, 3.05) is 40.3 Å². The quantitative estimate of drug-likeness (QED) is 0.409. The summed E-state index contributed by atoms with van der Waals surface area (Å²) in [5.74, 6) is -0.927. The second-order valence-electron chi connectivity index (χ2n) is 13.7. The van der Waals surface area contributed by atoms with E-state index >= 15 is 0 Å². The second kappa shape index (κ2) is 14.3. The Labute approximate surface area is 267 Å². The minimum atomic E-state index is -4.04. The number of sulfonamides is 1. The highest BCUT2D eigenvalue weighted by Crippen LogP contribution is 2.29. The SMILES string of the molecule is Cc1ccc(S(=O)(=O)N(C)[C@H](C(=O)N[C@@H](Cc2ccc(OC(=O)N3CCN(C)CC3)cc2)C(=O)OC(C)(C)C)C(C)(C)C)cc1. The number of carbonyl (C=O) groups is 3. The Morgan fingerprint density at radius 2 is 1.47 bits per heavy atom. The van der Waals surface area contributed by atoms with E-state index in [1.165, 1.54) is 19.2 Å². The van der Waals surface area contributed by atoms with Crippen molar-refractivity contribution in [2.24, 2.45) is 5.41 Å². The summed E-state index contributed by atoms with van der Waals surface area (Å²) in [6.45, 7) is 15.1. The minimum Gasteiger partial charge on any atom is -0.458 e. The summed E-state index contributed by atoms with van der Waals surface area (Å²) < 4.78 is 39.4. The molecule has 0 spiro atoms. The molecule has 1 heterocycles. The molecular weight excluding hydrogens is 596 g/mol. The fourth-order valence-electron chi connectivity index (χ4n) is 5.02. The molecule has 0 radical (unpaired) electrons. The second-order valence-corrected chi connectivity index (χ2v) is 15.7. The van der Waals surface area contributed by atoms with Crippen LogP contribution < -0.4 is 10.1 Å². The van der Waals surface area contributed by atoms with Crippen LogP contribution in [-0.4, -0.2) is 98.5 Å². The predicted molar refractivity (Wildman–Crippen MR) is 172 cm³/mol. The van der Waals surface area contributed by atoms with Gasteiger partial charge in [-0.05, 0) is 70.0 Å². The number of piperazine rings is 1. The van der Waals surface area contributed by atoms with E-state index in [9.17, 15) is 22.8 Å². The summed E-state index contributed by atoms with van der Waals surface area (Å²) in [6, 6.07) is 10.8. The van der Waals surface area contributed by atoms with Crippen molar-refractivity contribution in [3.05, 3.63) is 59.7 Å². The molecule has 2 atom stereocenters. The van der Waals surface area contributed by atoms with Crippen molar-refractivity contribution in [1.29, 1.82) is 0 Å². The van der Waals surface area contributed by atoms with Crippen LogP contribution in [0.2, 0.25) is 0 Å². The summed E-state index contributed by atoms with van der Waals surface area (Å²) in [6.07, 6.45) is -0.355. The lowest BCUT2D eigenvalue weighted by atomic mass is 9.86. The van der Waals surface area contributed by atoms with Crippen LogP contribution in [-0.2, 0) is 30.8 Å². The molecule has 2 amide bonds. The van der Waals surface area contributed by atoms with E-state index in [1.54, 1.807) is 82.8 Å². The van der Waals surface area contributed by atoms with Crippen LogP contribution in [0.15, 0.2) is 53.4 Å². The van der Waals surface area contributed by atoms with Gasteiger partial charge in [0, 0.05) is 39.6 Å². The highest BCUT2D eigenvalue weighted by Gasteiger charge is 2.42. The van der Waals surface area contributed by atoms with E-state index in [4.69, 9.17) is 9.47 Å². The van der Waals surface area contributed by atoms with E-state index in [0.29, 0.717) is 24.4 Å². The third-order valence-electron chi connectivity index (χ3n) is 7.47. The van der Waals surface area contributed by atoms with Crippen LogP contribution in [0, 0.1) is 12.3 Å². The lowest BCUT2D eigenvalue weighted by Gasteiger charge is -2.37. The summed E-state index contributed by atoms with van der Waals surface area (Å²) >= 11 is 0. The molecule has 1 N–H and O–H groups in total. The van der Waals surface area contributed by atoms with E-state index in [-0.39, 0.29) is 11.3 Å². The zero-order valence-corrected chi connectivity index (χ0v) is 28.7. The topological polar surface area (TPSA) is 126 Å². The summed E-state index contributed by atoms with van der Waals surface area (Å²) in [4.78, 5) is 43.7. The molecule has 11 nitrogen and oxygen atoms in total. The average molecular weight is 645 g/mol. The molecule has 2 aromatic carbocycles. The van der Waals surface area contributed by atoms with Crippen molar-refractivity contribution in [1.82, 2.24) is 19.4 Å². The van der Waals surface area contributed by atoms with Gasteiger partial charge in [0.25, 0.3) is 0 Å². The van der Waals surface area contributed by atoms with Crippen LogP contribution >= 0.6 is 0 Å². The molecule has 0 aliphatic carbocycles. The van der Waals surface area contributed by atoms with E-state index in [2.05, 4.69) is 10.2 Å². The normalized spacial score (nSPS) is 16.2. The van der Waals surface area contributed by atoms with Crippen molar-refractivity contribution < 1.29 is 32.3 Å². The third kappa shape index (κ3) is 10.0. The Morgan fingerprint density at radius 3 is 1.98 bits per heavy atom. The zero-order chi connectivity index (χ0) is 33.7. The molecule has 0 bridgehead atoms. The van der Waals surface area contributed by atoms with Gasteiger partial charge in [0.15, 0.2) is 0 Å². The fraction of sp³-hybridized carbons (Fsp3) is 0.545. The monoisotopic (exact) mass is 644 g/mol. The van der Waals surface area contributed by atoms with Gasteiger partial charge in [0.2, 0.25) is 15.9 Å². The maximum Gasteiger partial charge on any atom is 0.415 e. The fourth-order valence-corrected chi connectivity index (χ4v) is 6.52. The van der Waals surface area contributed by atoms with Gasteiger partial charge in [0.1, 0.15) is 23.4 Å². The number of amides is 2. The first kappa shape index (κ1) is 36.0. The summed E-state index contributed by atoms with van der Waals surface area (Å²) in [5.41, 5.74) is -0.0672. The molecular formula is C33H48N4O7S. The first-order valence-electron chi connectivity index (χ1n) is 15.1. The van der Waals surface area contributed by atoms with Gasteiger partial charge < -0.3 is 24.6 Å². The van der Waals surface area contributed by atoms with Crippen molar-refractivity contribution in [3.63, 3.8) is 0 Å². The number of likely N-dealkylation sites (N-methyl/N-ethyl adjacent to an activating group) is 2. The molecule has 45 heavy (non-hydrogen) atoms. The highest BCUT2D eigenvalue weighted by molar-refractivity contribution is 7.89. The molecule has 1 aliphatic rings. The number of carbonyl (C=O) groups excluding carboxylic acids is 3. The number of hydrogen-bond acceptors (Lipinski definition) is 8. The van der Waals surface area contributed by atoms with Crippen LogP contribution in [0.3, 0.4) is 0 Å². The first-order chi connectivity index (χ1) is 20.8. The highest BCUT2D eigenvalue weighted by atomic mass is 32.2. The Kier molecular flexibility index (Phi) is 11.4. The van der Waals surface area contributed by atoms with Crippen LogP contribution in [0.4, 0.5) is 4.79 Å². The lowest BCUT2D eigenvalue weighted by molar-refractivity contribution is -0.159. The van der Waals surface area contributed by atoms with Crippen LogP contribution in [0.1, 0.15) is 52.7 Å². The number of aryl methyl sites for hydroxylation is 1. The van der Waals surface area contributed by atoms with E-state index < -0.39 is 51.1 Å². The largest absolute Gasteiger partial charge is 0.458 e. The zero-order valence-electron chi connectivity index (χ0n) is 27.9. The standard InChI is InChI=1S/C33H48N4O7S/c1-23-10-16-26(17-11-23)45(41,42)36(9)28(32(2,3)4)29(38)34-27(30(39)44-33(5,6)7)22-24-12-14-25(15-13-24)43-31(40)37-20-18-35(8)19-21-37/h10-17,27-28H,18-22H2,1-9H3,(H,34,38)/t27-,28+/m0/s1. The number of hydrogen-bond donors (Lipinski definition) is 1. The Bertz CT molecular complexity index is 1440. The Hall–Kier alpha value is -3.48. The minimum absolute atomic E-state index is 0.0646. The molecule has 3 rings (SSSR count). The maximum atomic E-state index is 13.9. The first-order valence-corrected chi connectivity index (χ1v) is 16.5. The number of nitrogens with one attached hydrogen (secondary N) is 1. The van der Waals surface area contributed by atoms with Gasteiger partial charge in [0.05, 0.1) is 4.90 Å². The smallest absolute Gasteiger partial charge is 0.415 e. The Morgan fingerprint density at radius 1 is 0.911 bits per heavy atom. The predicted octanol–water partition coefficient (Wildman–Crippen LogP) is 3.85. The van der Waals surface area contributed by atoms with Crippen LogP contribution in [0.5, 0.6) is 5.75 Å². The van der Waals surface area contributed by atoms with Gasteiger partial charge in [-0.25, -0.2) is 18.0 Å². The van der Waals surface area contributed by atoms with Gasteiger partial charge in [-0.15, -0.1) is 0 Å². The number of nitrogens with zero attached hydrogens (tertiary/aromatic N) is 3. The molecule has 0 unspecified atom stereocenters. The molecule has 0 aromatic heterocycles. The van der Waals surface area contributed by atoms with Crippen molar-refractivity contribution >= 4 is 28.0 Å². The molecule has 1 aliphatic heterocycles. The average Bonchev–Trinajstić information content (AvgIpc) is 2.92. The number of esters is 1. The molecule has 12 heteroatoms. The van der Waals surface area contributed by atoms with Gasteiger partial charge >= 0.3 is 12.1 Å². The molecule has 2 aromatic rings. The maximum absolute atomic E-state index is 13.9. The van der Waals surface area contributed by atoms with Crippen molar-refractivity contribution in [2.45, 2.75) is 77.5 Å². The van der Waals surface area contributed by atoms with E-state index in [0.717, 1.165) is 23.0 Å². The van der Waals surface area contributed by atoms with Crippen molar-refractivity contribution in [3.8, 4) is 5.75 Å². The summed E-state index contributed by atoms with van der Waals surface area (Å²) in [7, 11) is -0.670.